The van der Waals surface area contributed by atoms with Crippen LogP contribution in [0.1, 0.15) is 19.3 Å². The summed E-state index contributed by atoms with van der Waals surface area (Å²) in [5.74, 6) is 0. The summed E-state index contributed by atoms with van der Waals surface area (Å²) in [4.78, 5) is 0. The van der Waals surface area contributed by atoms with Crippen LogP contribution in [0.2, 0.25) is 10.6 Å². The predicted octanol–water partition coefficient (Wildman–Crippen LogP) is -4.55. The van der Waals surface area contributed by atoms with Gasteiger partial charge >= 0.3 is 29.6 Å². The summed E-state index contributed by atoms with van der Waals surface area (Å²) in [7, 11) is 0. The van der Waals surface area contributed by atoms with Gasteiger partial charge in [-0.1, -0.05) is 29.8 Å². The summed E-state index contributed by atoms with van der Waals surface area (Å²) in [6.45, 7) is 0. The molecule has 3 heteroatoms. The van der Waals surface area contributed by atoms with Crippen LogP contribution in [0.5, 0.6) is 0 Å². The molecule has 0 amide bonds. The fourth-order valence-corrected chi connectivity index (χ4v) is 2.83. The minimum atomic E-state index is 0. The van der Waals surface area contributed by atoms with Crippen molar-refractivity contribution in [3.8, 4) is 0 Å². The Hall–Kier alpha value is 2.01. The molecule has 0 spiro atoms. The van der Waals surface area contributed by atoms with E-state index in [0.29, 0.717) is 15.2 Å². The largest absolute Gasteiger partial charge is 1.00 e. The van der Waals surface area contributed by atoms with E-state index >= 15 is 0 Å². The molecule has 0 nitrogen and oxygen atoms in total. The first-order valence-corrected chi connectivity index (χ1v) is 5.00. The topological polar surface area (TPSA) is 0 Å². The van der Waals surface area contributed by atoms with E-state index in [-0.39, 0.29) is 46.5 Å². The third-order valence-corrected chi connectivity index (χ3v) is 3.50. The molecule has 0 atom stereocenters. The molecule has 1 heterocycles. The van der Waals surface area contributed by atoms with Crippen LogP contribution in [0, 0.1) is 0 Å². The van der Waals surface area contributed by atoms with Gasteiger partial charge in [-0.25, -0.2) is 0 Å². The van der Waals surface area contributed by atoms with E-state index in [9.17, 15) is 0 Å². The van der Waals surface area contributed by atoms with Gasteiger partial charge in [0.15, 0.2) is 0 Å². The fraction of sp³-hybridized carbons (Fsp3) is 1.00. The Morgan fingerprint density at radius 2 is 1.38 bits per heavy atom. The standard InChI is InChI=1S/C5H10.Al.BrH.Na.H/c1-3-5-4-2;;;;/h1-5H2;;1H;;/q;;;+1;/p-1. The third kappa shape index (κ3) is 6.14. The van der Waals surface area contributed by atoms with Gasteiger partial charge in [-0.15, -0.1) is 0 Å². The van der Waals surface area contributed by atoms with E-state index in [4.69, 9.17) is 0 Å². The van der Waals surface area contributed by atoms with Gasteiger partial charge in [0.2, 0.25) is 15.2 Å². The van der Waals surface area contributed by atoms with Crippen molar-refractivity contribution in [2.75, 3.05) is 0 Å². The van der Waals surface area contributed by atoms with Gasteiger partial charge in [-0.05, 0) is 0 Å². The number of hydrogen-bond acceptors (Lipinski definition) is 0. The van der Waals surface area contributed by atoms with Crippen molar-refractivity contribution in [1.82, 2.24) is 0 Å². The molecule has 0 aromatic rings. The molecule has 1 aliphatic rings. The molecule has 0 radical (unpaired) electrons. The second-order valence-corrected chi connectivity index (χ2v) is 4.24. The molecule has 1 rings (SSSR count). The van der Waals surface area contributed by atoms with Crippen LogP contribution in [0.3, 0.4) is 0 Å². The van der Waals surface area contributed by atoms with Crippen LogP contribution in [0.4, 0.5) is 0 Å². The molecule has 0 aromatic heterocycles. The Bertz CT molecular complexity index is 27.9. The molecule has 8 heavy (non-hydrogen) atoms. The molecular weight excluding hydrogens is 190 g/mol. The molecule has 0 unspecified atom stereocenters. The van der Waals surface area contributed by atoms with E-state index < -0.39 is 0 Å². The van der Waals surface area contributed by atoms with Gasteiger partial charge < -0.3 is 17.0 Å². The summed E-state index contributed by atoms with van der Waals surface area (Å²) < 4.78 is 0. The van der Waals surface area contributed by atoms with Crippen molar-refractivity contribution in [2.24, 2.45) is 0 Å². The zero-order chi connectivity index (χ0) is 4.24. The number of rotatable bonds is 0. The number of hydrogen-bond donors (Lipinski definition) is 0. The van der Waals surface area contributed by atoms with Crippen LogP contribution < -0.4 is 46.5 Å². The zero-order valence-corrected chi connectivity index (χ0v) is 10.6. The monoisotopic (exact) mass is 200 g/mol. The Labute approximate surface area is 90.6 Å². The predicted molar refractivity (Wildman–Crippen MR) is 30.6 cm³/mol. The van der Waals surface area contributed by atoms with Gasteiger partial charge in [0.1, 0.15) is 0 Å². The van der Waals surface area contributed by atoms with Crippen molar-refractivity contribution in [3.05, 3.63) is 0 Å². The molecule has 0 saturated carbocycles. The van der Waals surface area contributed by atoms with Crippen LogP contribution in [-0.4, -0.2) is 15.2 Å². The zero-order valence-electron chi connectivity index (χ0n) is 5.62. The molecular formula is C5H11AlBrNa. The van der Waals surface area contributed by atoms with Crippen molar-refractivity contribution in [2.45, 2.75) is 29.8 Å². The summed E-state index contributed by atoms with van der Waals surface area (Å²) in [5.41, 5.74) is 0. The molecule has 0 aliphatic carbocycles. The fourth-order valence-electron chi connectivity index (χ4n) is 1.06. The summed E-state index contributed by atoms with van der Waals surface area (Å²) >= 11 is 0.508. The van der Waals surface area contributed by atoms with Crippen LogP contribution >= 0.6 is 0 Å². The molecule has 0 bridgehead atoms. The molecule has 42 valence electrons. The average molecular weight is 201 g/mol. The van der Waals surface area contributed by atoms with Gasteiger partial charge in [0.05, 0.1) is 0 Å². The van der Waals surface area contributed by atoms with E-state index in [1.54, 1.807) is 23.4 Å². The minimum absolute atomic E-state index is 0. The van der Waals surface area contributed by atoms with E-state index in [1.807, 2.05) is 0 Å². The van der Waals surface area contributed by atoms with Crippen molar-refractivity contribution >= 4 is 15.2 Å². The molecule has 1 aliphatic heterocycles. The summed E-state index contributed by atoms with van der Waals surface area (Å²) in [5, 5.41) is 3.28. The third-order valence-electron chi connectivity index (χ3n) is 1.50. The maximum Gasteiger partial charge on any atom is 1.00 e. The average Bonchev–Trinajstić information content (AvgIpc) is 1.72. The molecule has 1 fully saturated rings. The van der Waals surface area contributed by atoms with E-state index in [2.05, 4.69) is 0 Å². The SMILES string of the molecule is C1C[CH2][AlH][CH2]C1.[Br-].[Na+]. The van der Waals surface area contributed by atoms with E-state index in [1.165, 1.54) is 6.42 Å². The van der Waals surface area contributed by atoms with Crippen LogP contribution in [-0.2, 0) is 0 Å². The summed E-state index contributed by atoms with van der Waals surface area (Å²) in [6, 6.07) is 0. The normalized spacial score (nSPS) is 17.0. The minimum Gasteiger partial charge on any atom is -1.00 e. The van der Waals surface area contributed by atoms with Gasteiger partial charge in [0, 0.05) is 0 Å². The molecule has 1 saturated heterocycles. The van der Waals surface area contributed by atoms with Crippen LogP contribution in [0.25, 0.3) is 0 Å². The van der Waals surface area contributed by atoms with Crippen molar-refractivity contribution in [3.63, 3.8) is 0 Å². The van der Waals surface area contributed by atoms with Gasteiger partial charge in [0.25, 0.3) is 0 Å². The maximum atomic E-state index is 1.64. The summed E-state index contributed by atoms with van der Waals surface area (Å²) in [6.07, 6.45) is 4.66. The first-order valence-electron chi connectivity index (χ1n) is 3.00. The Morgan fingerprint density at radius 3 is 1.50 bits per heavy atom. The Kier molecular flexibility index (Phi) is 14.3. The molecule has 0 N–H and O–H groups in total. The van der Waals surface area contributed by atoms with E-state index in [0.717, 1.165) is 0 Å². The first-order chi connectivity index (χ1) is 3.00. The second kappa shape index (κ2) is 9.01. The quantitative estimate of drug-likeness (QED) is 0.346. The van der Waals surface area contributed by atoms with Gasteiger partial charge in [-0.2, -0.15) is 0 Å². The second-order valence-electron chi connectivity index (χ2n) is 2.12. The molecule has 0 aromatic carbocycles. The smallest absolute Gasteiger partial charge is 1.00 e. The van der Waals surface area contributed by atoms with Gasteiger partial charge in [-0.3, -0.25) is 0 Å². The van der Waals surface area contributed by atoms with Crippen molar-refractivity contribution < 1.29 is 46.5 Å². The van der Waals surface area contributed by atoms with Crippen molar-refractivity contribution in [1.29, 1.82) is 0 Å². The Morgan fingerprint density at radius 1 is 0.875 bits per heavy atom. The Balaban J connectivity index is 0. The number of halogens is 1. The maximum absolute atomic E-state index is 1.64. The first kappa shape index (κ1) is 12.7. The van der Waals surface area contributed by atoms with Crippen LogP contribution in [0.15, 0.2) is 0 Å².